The molecule has 29 heavy (non-hydrogen) atoms. The summed E-state index contributed by atoms with van der Waals surface area (Å²) in [5.41, 5.74) is 0. The zero-order chi connectivity index (χ0) is 21.6. The summed E-state index contributed by atoms with van der Waals surface area (Å²) in [6, 6.07) is 0. The Kier molecular flexibility index (Phi) is 10.1. The first kappa shape index (κ1) is 24.8. The number of methoxy groups -OCH3 is 6. The van der Waals surface area contributed by atoms with E-state index in [4.69, 9.17) is 42.6 Å². The van der Waals surface area contributed by atoms with Gasteiger partial charge in [0, 0.05) is 42.7 Å². The lowest BCUT2D eigenvalue weighted by Gasteiger charge is -2.48. The van der Waals surface area contributed by atoms with E-state index < -0.39 is 68.0 Å². The van der Waals surface area contributed by atoms with Crippen molar-refractivity contribution in [1.82, 2.24) is 0 Å². The van der Waals surface area contributed by atoms with Gasteiger partial charge in [-0.2, -0.15) is 0 Å². The van der Waals surface area contributed by atoms with Crippen LogP contribution in [0.25, 0.3) is 0 Å². The van der Waals surface area contributed by atoms with Crippen LogP contribution in [0.15, 0.2) is 0 Å². The normalized spacial score (nSPS) is 43.4. The van der Waals surface area contributed by atoms with Crippen molar-refractivity contribution in [2.45, 2.75) is 61.4 Å². The molecule has 2 N–H and O–H groups in total. The van der Waals surface area contributed by atoms with E-state index >= 15 is 0 Å². The van der Waals surface area contributed by atoms with E-state index in [0.717, 1.165) is 0 Å². The summed E-state index contributed by atoms with van der Waals surface area (Å²) in [4.78, 5) is 0. The number of hydrogen-bond acceptors (Lipinski definition) is 11. The molecule has 0 amide bonds. The van der Waals surface area contributed by atoms with Crippen LogP contribution in [0, 0.1) is 0 Å². The predicted octanol–water partition coefficient (Wildman–Crippen LogP) is -1.47. The highest BCUT2D eigenvalue weighted by molar-refractivity contribution is 4.96. The second-order valence-corrected chi connectivity index (χ2v) is 6.85. The average Bonchev–Trinajstić information content (AvgIpc) is 2.73. The Morgan fingerprint density at radius 3 is 1.69 bits per heavy atom. The first-order valence-corrected chi connectivity index (χ1v) is 9.39. The monoisotopic (exact) mass is 426 g/mol. The molecule has 0 radical (unpaired) electrons. The van der Waals surface area contributed by atoms with E-state index in [0.29, 0.717) is 0 Å². The SMILES string of the molecule is COC[C@H]1O[C@H](O[C@H]2[C@H](OC)[C@@H](OC)[C@@H](O)O[C@@H]2CO)[C@@H](OC)[C@@H](OC)[C@@H]1OC. The summed E-state index contributed by atoms with van der Waals surface area (Å²) in [6.45, 7) is -0.162. The Balaban J connectivity index is 2.29. The molecule has 0 unspecified atom stereocenters. The quantitative estimate of drug-likeness (QED) is 0.425. The van der Waals surface area contributed by atoms with E-state index in [-0.39, 0.29) is 6.61 Å². The zero-order valence-electron chi connectivity index (χ0n) is 17.8. The van der Waals surface area contributed by atoms with Gasteiger partial charge in [0.05, 0.1) is 13.2 Å². The maximum absolute atomic E-state index is 10.1. The van der Waals surface area contributed by atoms with Gasteiger partial charge in [-0.15, -0.1) is 0 Å². The highest BCUT2D eigenvalue weighted by atomic mass is 16.7. The van der Waals surface area contributed by atoms with Crippen molar-refractivity contribution in [3.8, 4) is 0 Å². The molecule has 2 heterocycles. The lowest BCUT2D eigenvalue weighted by atomic mass is 9.96. The molecular weight excluding hydrogens is 392 g/mol. The molecular formula is C18H34O11. The summed E-state index contributed by atoms with van der Waals surface area (Å²) >= 11 is 0. The highest BCUT2D eigenvalue weighted by Crippen LogP contribution is 2.33. The number of aliphatic hydroxyl groups is 2. The second-order valence-electron chi connectivity index (χ2n) is 6.85. The van der Waals surface area contributed by atoms with Crippen LogP contribution >= 0.6 is 0 Å². The summed E-state index contributed by atoms with van der Waals surface area (Å²) < 4.78 is 50.6. The van der Waals surface area contributed by atoms with Gasteiger partial charge < -0.3 is 52.8 Å². The van der Waals surface area contributed by atoms with Crippen molar-refractivity contribution < 1.29 is 52.8 Å². The fourth-order valence-electron chi connectivity index (χ4n) is 3.97. The second kappa shape index (κ2) is 11.8. The lowest BCUT2D eigenvalue weighted by Crippen LogP contribution is -2.65. The molecule has 0 aliphatic carbocycles. The van der Waals surface area contributed by atoms with Gasteiger partial charge in [0.15, 0.2) is 12.6 Å². The minimum absolute atomic E-state index is 0.242. The molecule has 0 aromatic heterocycles. The third-order valence-corrected chi connectivity index (χ3v) is 5.36. The van der Waals surface area contributed by atoms with E-state index in [1.807, 2.05) is 0 Å². The summed E-state index contributed by atoms with van der Waals surface area (Å²) in [5.74, 6) is 0. The zero-order valence-corrected chi connectivity index (χ0v) is 17.8. The van der Waals surface area contributed by atoms with Crippen molar-refractivity contribution in [2.75, 3.05) is 55.9 Å². The third-order valence-electron chi connectivity index (χ3n) is 5.36. The van der Waals surface area contributed by atoms with Crippen molar-refractivity contribution in [2.24, 2.45) is 0 Å². The Morgan fingerprint density at radius 2 is 1.21 bits per heavy atom. The van der Waals surface area contributed by atoms with Crippen molar-refractivity contribution in [1.29, 1.82) is 0 Å². The molecule has 10 atom stereocenters. The molecule has 11 heteroatoms. The number of ether oxygens (including phenoxy) is 9. The molecule has 2 rings (SSSR count). The molecule has 172 valence electrons. The van der Waals surface area contributed by atoms with Crippen LogP contribution in [0.2, 0.25) is 0 Å². The predicted molar refractivity (Wildman–Crippen MR) is 97.4 cm³/mol. The average molecular weight is 426 g/mol. The summed E-state index contributed by atoms with van der Waals surface area (Å²) in [6.07, 6.45) is -7.54. The molecule has 2 fully saturated rings. The van der Waals surface area contributed by atoms with E-state index in [1.165, 1.54) is 21.3 Å². The van der Waals surface area contributed by atoms with Crippen LogP contribution in [-0.4, -0.2) is 127 Å². The molecule has 0 spiro atoms. The minimum atomic E-state index is -1.28. The van der Waals surface area contributed by atoms with Crippen LogP contribution in [0.4, 0.5) is 0 Å². The fraction of sp³-hybridized carbons (Fsp3) is 1.00. The third kappa shape index (κ3) is 5.25. The smallest absolute Gasteiger partial charge is 0.187 e. The first-order valence-electron chi connectivity index (χ1n) is 9.39. The van der Waals surface area contributed by atoms with Gasteiger partial charge >= 0.3 is 0 Å². The van der Waals surface area contributed by atoms with Crippen LogP contribution < -0.4 is 0 Å². The standard InChI is InChI=1S/C18H34O11/c1-21-8-10-11(22-2)13(23-3)16(26-6)18(28-10)29-12-9(7-19)27-17(20)15(25-5)14(12)24-4/h9-20H,7-8H2,1-6H3/t9-,10-,11-,12-,13+,14+,15-,16+,17+,18-/m1/s1. The Morgan fingerprint density at radius 1 is 0.655 bits per heavy atom. The molecule has 2 aliphatic heterocycles. The van der Waals surface area contributed by atoms with Gasteiger partial charge in [-0.05, 0) is 0 Å². The summed E-state index contributed by atoms with van der Waals surface area (Å²) in [5, 5.41) is 19.9. The first-order chi connectivity index (χ1) is 14.0. The number of rotatable bonds is 10. The fourth-order valence-corrected chi connectivity index (χ4v) is 3.97. The maximum Gasteiger partial charge on any atom is 0.187 e. The molecule has 0 saturated carbocycles. The molecule has 2 aliphatic rings. The van der Waals surface area contributed by atoms with E-state index in [1.54, 1.807) is 21.3 Å². The number of aliphatic hydroxyl groups excluding tert-OH is 2. The van der Waals surface area contributed by atoms with Crippen LogP contribution in [0.3, 0.4) is 0 Å². The van der Waals surface area contributed by atoms with Crippen LogP contribution in [0.1, 0.15) is 0 Å². The lowest BCUT2D eigenvalue weighted by molar-refractivity contribution is -0.363. The van der Waals surface area contributed by atoms with Gasteiger partial charge in [0.2, 0.25) is 0 Å². The Hall–Kier alpha value is -0.440. The van der Waals surface area contributed by atoms with Crippen molar-refractivity contribution >= 4 is 0 Å². The van der Waals surface area contributed by atoms with E-state index in [9.17, 15) is 10.2 Å². The summed E-state index contributed by atoms with van der Waals surface area (Å²) in [7, 11) is 9.05. The van der Waals surface area contributed by atoms with Gasteiger partial charge in [-0.3, -0.25) is 0 Å². The molecule has 0 aromatic carbocycles. The molecule has 0 bridgehead atoms. The van der Waals surface area contributed by atoms with Crippen molar-refractivity contribution in [3.63, 3.8) is 0 Å². The minimum Gasteiger partial charge on any atom is -0.394 e. The van der Waals surface area contributed by atoms with Gasteiger partial charge in [0.25, 0.3) is 0 Å². The molecule has 11 nitrogen and oxygen atoms in total. The van der Waals surface area contributed by atoms with Crippen molar-refractivity contribution in [3.05, 3.63) is 0 Å². The van der Waals surface area contributed by atoms with E-state index in [2.05, 4.69) is 0 Å². The largest absolute Gasteiger partial charge is 0.394 e. The number of hydrogen-bond donors (Lipinski definition) is 2. The Bertz CT molecular complexity index is 467. The van der Waals surface area contributed by atoms with Gasteiger partial charge in [0.1, 0.15) is 48.8 Å². The van der Waals surface area contributed by atoms with Gasteiger partial charge in [-0.1, -0.05) is 0 Å². The van der Waals surface area contributed by atoms with Crippen LogP contribution in [-0.2, 0) is 42.6 Å². The van der Waals surface area contributed by atoms with Gasteiger partial charge in [-0.25, -0.2) is 0 Å². The Labute approximate surface area is 171 Å². The highest BCUT2D eigenvalue weighted by Gasteiger charge is 2.52. The van der Waals surface area contributed by atoms with Crippen LogP contribution in [0.5, 0.6) is 0 Å². The molecule has 0 aromatic rings. The molecule has 2 saturated heterocycles. The topological polar surface area (TPSA) is 124 Å². The maximum atomic E-state index is 10.1.